The van der Waals surface area contributed by atoms with Crippen LogP contribution in [0.4, 0.5) is 13.2 Å². The molecule has 0 saturated carbocycles. The maximum atomic E-state index is 14.0. The van der Waals surface area contributed by atoms with Crippen LogP contribution in [0.15, 0.2) is 47.4 Å². The summed E-state index contributed by atoms with van der Waals surface area (Å²) >= 11 is 0. The fourth-order valence-electron chi connectivity index (χ4n) is 2.96. The lowest BCUT2D eigenvalue weighted by Crippen LogP contribution is -2.50. The third-order valence-corrected chi connectivity index (χ3v) is 6.06. The number of hydrogen-bond acceptors (Lipinski definition) is 5. The minimum Gasteiger partial charge on any atom is -0.493 e. The average molecular weight is 475 g/mol. The topological polar surface area (TPSA) is 84.9 Å². The molecule has 0 saturated heterocycles. The van der Waals surface area contributed by atoms with Crippen LogP contribution >= 0.6 is 0 Å². The summed E-state index contributed by atoms with van der Waals surface area (Å²) in [5, 5.41) is 0. The Balaban J connectivity index is 2.20. The second-order valence-corrected chi connectivity index (χ2v) is 9.01. The highest BCUT2D eigenvalue weighted by Gasteiger charge is 2.31. The molecular weight excluding hydrogens is 449 g/mol. The number of likely N-dealkylation sites (N-methyl/N-ethyl adjacent to an activating group) is 1. The van der Waals surface area contributed by atoms with Gasteiger partial charge in [-0.1, -0.05) is 32.0 Å². The molecule has 0 spiro atoms. The monoisotopic (exact) mass is 474 g/mol. The summed E-state index contributed by atoms with van der Waals surface area (Å²) in [6.45, 7) is 0.322. The molecule has 1 unspecified atom stereocenters. The van der Waals surface area contributed by atoms with Crippen LogP contribution in [-0.2, 0) is 21.4 Å². The number of alkyl halides is 2. The van der Waals surface area contributed by atoms with Crippen molar-refractivity contribution in [3.63, 3.8) is 0 Å². The average Bonchev–Trinajstić information content (AvgIpc) is 2.72. The molecule has 0 radical (unpaired) electrons. The van der Waals surface area contributed by atoms with Crippen molar-refractivity contribution < 1.29 is 35.9 Å². The molecule has 32 heavy (non-hydrogen) atoms. The zero-order valence-electron chi connectivity index (χ0n) is 18.0. The van der Waals surface area contributed by atoms with Gasteiger partial charge in [-0.3, -0.25) is 4.79 Å². The zero-order valence-corrected chi connectivity index (χ0v) is 18.8. The van der Waals surface area contributed by atoms with Crippen molar-refractivity contribution in [1.29, 1.82) is 0 Å². The number of carbonyl (C=O) groups excluding carboxylic acids is 1. The minimum absolute atomic E-state index is 0.0365. The number of rotatable bonds is 10. The van der Waals surface area contributed by atoms with E-state index in [1.54, 1.807) is 13.8 Å². The minimum atomic E-state index is -4.29. The van der Waals surface area contributed by atoms with Gasteiger partial charge in [-0.05, 0) is 35.7 Å². The number of benzene rings is 2. The van der Waals surface area contributed by atoms with Gasteiger partial charge in [0.05, 0.1) is 7.11 Å². The SMILES string of the molecule is COc1cc(CN(C)C(=O)C(NS(=O)(=O)c2ccccc2F)C(C)C)ccc1OC(F)F. The molecule has 0 fully saturated rings. The zero-order chi connectivity index (χ0) is 24.1. The first kappa shape index (κ1) is 25.5. The van der Waals surface area contributed by atoms with Crippen LogP contribution in [-0.4, -0.2) is 46.0 Å². The van der Waals surface area contributed by atoms with Crippen LogP contribution in [0.1, 0.15) is 19.4 Å². The maximum absolute atomic E-state index is 14.0. The largest absolute Gasteiger partial charge is 0.493 e. The highest BCUT2D eigenvalue weighted by Crippen LogP contribution is 2.30. The van der Waals surface area contributed by atoms with E-state index in [0.29, 0.717) is 5.56 Å². The molecule has 2 rings (SSSR count). The first-order valence-electron chi connectivity index (χ1n) is 9.59. The molecule has 0 aliphatic heterocycles. The quantitative estimate of drug-likeness (QED) is 0.571. The highest BCUT2D eigenvalue weighted by molar-refractivity contribution is 7.89. The van der Waals surface area contributed by atoms with Gasteiger partial charge in [-0.15, -0.1) is 0 Å². The molecule has 11 heteroatoms. The number of halogens is 3. The Hall–Kier alpha value is -2.79. The molecule has 1 amide bonds. The van der Waals surface area contributed by atoms with Gasteiger partial charge < -0.3 is 14.4 Å². The number of hydrogen-bond donors (Lipinski definition) is 1. The molecule has 176 valence electrons. The van der Waals surface area contributed by atoms with Crippen molar-refractivity contribution >= 4 is 15.9 Å². The molecule has 0 bridgehead atoms. The molecule has 0 aliphatic carbocycles. The van der Waals surface area contributed by atoms with Crippen molar-refractivity contribution in [2.24, 2.45) is 5.92 Å². The van der Waals surface area contributed by atoms with E-state index in [1.807, 2.05) is 0 Å². The second-order valence-electron chi connectivity index (χ2n) is 7.33. The maximum Gasteiger partial charge on any atom is 0.387 e. The number of nitrogens with one attached hydrogen (secondary N) is 1. The van der Waals surface area contributed by atoms with Crippen LogP contribution in [0.5, 0.6) is 11.5 Å². The van der Waals surface area contributed by atoms with Crippen LogP contribution in [0.3, 0.4) is 0 Å². The molecule has 1 N–H and O–H groups in total. The van der Waals surface area contributed by atoms with Gasteiger partial charge in [0, 0.05) is 13.6 Å². The van der Waals surface area contributed by atoms with Crippen molar-refractivity contribution in [2.75, 3.05) is 14.2 Å². The first-order valence-corrected chi connectivity index (χ1v) is 11.1. The summed E-state index contributed by atoms with van der Waals surface area (Å²) < 4.78 is 76.0. The predicted octanol–water partition coefficient (Wildman–Crippen LogP) is 3.40. The number of ether oxygens (including phenoxy) is 2. The summed E-state index contributed by atoms with van der Waals surface area (Å²) in [6.07, 6.45) is 0. The van der Waals surface area contributed by atoms with E-state index in [1.165, 1.54) is 49.4 Å². The molecule has 1 atom stereocenters. The van der Waals surface area contributed by atoms with Crippen LogP contribution in [0.25, 0.3) is 0 Å². The molecular formula is C21H25F3N2O5S. The number of amides is 1. The Bertz CT molecular complexity index is 1050. The number of sulfonamides is 1. The molecule has 0 aliphatic rings. The Labute approximate surface area is 185 Å². The van der Waals surface area contributed by atoms with Gasteiger partial charge in [0.15, 0.2) is 11.5 Å². The van der Waals surface area contributed by atoms with Crippen LogP contribution in [0.2, 0.25) is 0 Å². The van der Waals surface area contributed by atoms with Crippen LogP contribution < -0.4 is 14.2 Å². The Morgan fingerprint density at radius 2 is 1.78 bits per heavy atom. The van der Waals surface area contributed by atoms with Gasteiger partial charge in [0.1, 0.15) is 16.8 Å². The lowest BCUT2D eigenvalue weighted by molar-refractivity contribution is -0.133. The van der Waals surface area contributed by atoms with E-state index < -0.39 is 45.2 Å². The Morgan fingerprint density at radius 1 is 1.12 bits per heavy atom. The molecule has 7 nitrogen and oxygen atoms in total. The summed E-state index contributed by atoms with van der Waals surface area (Å²) in [5.74, 6) is -2.02. The number of methoxy groups -OCH3 is 1. The summed E-state index contributed by atoms with van der Waals surface area (Å²) in [7, 11) is -1.54. The van der Waals surface area contributed by atoms with Crippen molar-refractivity contribution in [3.05, 3.63) is 53.8 Å². The third-order valence-electron chi connectivity index (χ3n) is 4.58. The Kier molecular flexibility index (Phi) is 8.51. The fourth-order valence-corrected chi connectivity index (χ4v) is 4.37. The van der Waals surface area contributed by atoms with Crippen molar-refractivity contribution in [2.45, 2.75) is 37.9 Å². The number of carbonyl (C=O) groups is 1. The lowest BCUT2D eigenvalue weighted by atomic mass is 10.0. The van der Waals surface area contributed by atoms with E-state index >= 15 is 0 Å². The first-order chi connectivity index (χ1) is 15.0. The van der Waals surface area contributed by atoms with E-state index in [-0.39, 0.29) is 18.0 Å². The van der Waals surface area contributed by atoms with Gasteiger partial charge in [-0.25, -0.2) is 12.8 Å². The summed E-state index contributed by atoms with van der Waals surface area (Å²) in [5.41, 5.74) is 0.541. The predicted molar refractivity (Wildman–Crippen MR) is 111 cm³/mol. The third kappa shape index (κ3) is 6.36. The Morgan fingerprint density at radius 3 is 2.34 bits per heavy atom. The molecule has 2 aromatic carbocycles. The van der Waals surface area contributed by atoms with Crippen molar-refractivity contribution in [3.8, 4) is 11.5 Å². The standard InChI is InChI=1S/C21H25F3N2O5S/c1-13(2)19(25-32(28,29)18-8-6-5-7-15(18)22)20(27)26(3)12-14-9-10-16(31-21(23)24)17(11-14)30-4/h5-11,13,19,21,25H,12H2,1-4H3. The number of nitrogens with zero attached hydrogens (tertiary/aromatic N) is 1. The van der Waals surface area contributed by atoms with E-state index in [9.17, 15) is 26.4 Å². The van der Waals surface area contributed by atoms with Crippen LogP contribution in [0, 0.1) is 11.7 Å². The van der Waals surface area contributed by atoms with Crippen molar-refractivity contribution in [1.82, 2.24) is 9.62 Å². The van der Waals surface area contributed by atoms with Gasteiger partial charge >= 0.3 is 6.61 Å². The highest BCUT2D eigenvalue weighted by atomic mass is 32.2. The van der Waals surface area contributed by atoms with E-state index in [2.05, 4.69) is 9.46 Å². The second kappa shape index (κ2) is 10.7. The van der Waals surface area contributed by atoms with Gasteiger partial charge in [0.2, 0.25) is 15.9 Å². The lowest BCUT2D eigenvalue weighted by Gasteiger charge is -2.27. The van der Waals surface area contributed by atoms with Gasteiger partial charge in [-0.2, -0.15) is 13.5 Å². The van der Waals surface area contributed by atoms with Gasteiger partial charge in [0.25, 0.3) is 0 Å². The summed E-state index contributed by atoms with van der Waals surface area (Å²) in [6, 6.07) is 7.92. The fraction of sp³-hybridized carbons (Fsp3) is 0.381. The smallest absolute Gasteiger partial charge is 0.387 e. The molecule has 0 heterocycles. The van der Waals surface area contributed by atoms with E-state index in [4.69, 9.17) is 4.74 Å². The normalized spacial score (nSPS) is 12.7. The van der Waals surface area contributed by atoms with E-state index in [0.717, 1.165) is 12.1 Å². The summed E-state index contributed by atoms with van der Waals surface area (Å²) in [4.78, 5) is 13.7. The molecule has 2 aromatic rings. The molecule has 0 aromatic heterocycles.